The zero-order valence-electron chi connectivity index (χ0n) is 8.71. The number of carbonyl (C=O) groups is 2. The molecule has 2 aromatic rings. The number of rotatable bonds is 4. The van der Waals surface area contributed by atoms with Gasteiger partial charge in [0.1, 0.15) is 5.69 Å². The zero-order chi connectivity index (χ0) is 11.5. The minimum Gasteiger partial charge on any atom is -0.461 e. The van der Waals surface area contributed by atoms with Crippen molar-refractivity contribution in [3.63, 3.8) is 0 Å². The molecular weight excluding hydrogens is 208 g/mol. The molecule has 0 N–H and O–H groups in total. The number of hydrogen-bond acceptors (Lipinski definition) is 4. The second-order valence-corrected chi connectivity index (χ2v) is 3.38. The number of aromatic nitrogens is 2. The van der Waals surface area contributed by atoms with E-state index >= 15 is 0 Å². The second kappa shape index (κ2) is 4.14. The molecule has 0 radical (unpaired) electrons. The highest BCUT2D eigenvalue weighted by Crippen LogP contribution is 2.07. The van der Waals surface area contributed by atoms with Gasteiger partial charge in [0.2, 0.25) is 5.78 Å². The molecule has 0 spiro atoms. The summed E-state index contributed by atoms with van der Waals surface area (Å²) in [6.07, 6.45) is 2.84. The van der Waals surface area contributed by atoms with Gasteiger partial charge in [0.05, 0.1) is 12.7 Å². The van der Waals surface area contributed by atoms with Crippen molar-refractivity contribution in [3.05, 3.63) is 42.1 Å². The first-order valence-corrected chi connectivity index (χ1v) is 4.76. The van der Waals surface area contributed by atoms with Crippen molar-refractivity contribution in [1.82, 2.24) is 9.78 Å². The molecule has 0 bridgehead atoms. The summed E-state index contributed by atoms with van der Waals surface area (Å²) >= 11 is 0. The molecule has 0 unspecified atom stereocenters. The summed E-state index contributed by atoms with van der Waals surface area (Å²) in [6, 6.07) is 4.73. The summed E-state index contributed by atoms with van der Waals surface area (Å²) in [5.74, 6) is -0.438. The van der Waals surface area contributed by atoms with E-state index in [1.54, 1.807) is 25.4 Å². The predicted molar refractivity (Wildman–Crippen MR) is 55.2 cm³/mol. The molecule has 0 fully saturated rings. The van der Waals surface area contributed by atoms with Gasteiger partial charge in [-0.15, -0.1) is 0 Å². The minimum atomic E-state index is -0.333. The van der Waals surface area contributed by atoms with E-state index in [-0.39, 0.29) is 23.7 Å². The predicted octanol–water partition coefficient (Wildman–Crippen LogP) is 1.47. The fourth-order valence-corrected chi connectivity index (χ4v) is 1.32. The van der Waals surface area contributed by atoms with Crippen molar-refractivity contribution in [2.75, 3.05) is 0 Å². The van der Waals surface area contributed by atoms with Crippen LogP contribution in [0.1, 0.15) is 27.5 Å². The van der Waals surface area contributed by atoms with Crippen LogP contribution in [0.25, 0.3) is 0 Å². The maximum Gasteiger partial charge on any atom is 0.205 e. The Hall–Kier alpha value is -2.17. The Morgan fingerprint density at radius 2 is 2.19 bits per heavy atom. The molecule has 5 nitrogen and oxygen atoms in total. The van der Waals surface area contributed by atoms with Crippen molar-refractivity contribution in [3.8, 4) is 0 Å². The van der Waals surface area contributed by atoms with E-state index in [0.29, 0.717) is 5.69 Å². The Kier molecular flexibility index (Phi) is 2.68. The smallest absolute Gasteiger partial charge is 0.205 e. The van der Waals surface area contributed by atoms with Crippen LogP contribution in [-0.2, 0) is 7.05 Å². The van der Waals surface area contributed by atoms with Crippen LogP contribution in [0.2, 0.25) is 0 Å². The Morgan fingerprint density at radius 1 is 1.38 bits per heavy atom. The molecule has 0 saturated carbocycles. The van der Waals surface area contributed by atoms with Gasteiger partial charge in [0.15, 0.2) is 11.5 Å². The van der Waals surface area contributed by atoms with Crippen LogP contribution in [0.15, 0.2) is 35.1 Å². The highest BCUT2D eigenvalue weighted by Gasteiger charge is 2.17. The Balaban J connectivity index is 2.06. The average Bonchev–Trinajstić information content (AvgIpc) is 2.87. The van der Waals surface area contributed by atoms with Crippen molar-refractivity contribution < 1.29 is 14.0 Å². The van der Waals surface area contributed by atoms with Gasteiger partial charge in [-0.05, 0) is 18.2 Å². The highest BCUT2D eigenvalue weighted by atomic mass is 16.3. The van der Waals surface area contributed by atoms with Gasteiger partial charge in [0, 0.05) is 13.2 Å². The molecular formula is C11H10N2O3. The maximum atomic E-state index is 11.6. The third-order valence-corrected chi connectivity index (χ3v) is 2.12. The van der Waals surface area contributed by atoms with Crippen LogP contribution in [0, 0.1) is 0 Å². The molecule has 2 heterocycles. The Morgan fingerprint density at radius 3 is 2.75 bits per heavy atom. The van der Waals surface area contributed by atoms with Gasteiger partial charge in [-0.1, -0.05) is 0 Å². The molecule has 0 atom stereocenters. The highest BCUT2D eigenvalue weighted by molar-refractivity contribution is 6.11. The standard InChI is InChI=1S/C11H10N2O3/c1-13-5-4-8(12-13)9(14)7-10(15)11-3-2-6-16-11/h2-6H,7H2,1H3. The van der Waals surface area contributed by atoms with Gasteiger partial charge in [0.25, 0.3) is 0 Å². The lowest BCUT2D eigenvalue weighted by Crippen LogP contribution is -2.09. The molecule has 0 amide bonds. The van der Waals surface area contributed by atoms with Gasteiger partial charge in [-0.2, -0.15) is 5.10 Å². The zero-order valence-corrected chi connectivity index (χ0v) is 8.71. The monoisotopic (exact) mass is 218 g/mol. The summed E-state index contributed by atoms with van der Waals surface area (Å²) in [5.41, 5.74) is 0.294. The van der Waals surface area contributed by atoms with Crippen LogP contribution in [0.4, 0.5) is 0 Å². The number of carbonyl (C=O) groups excluding carboxylic acids is 2. The van der Waals surface area contributed by atoms with E-state index in [0.717, 1.165) is 0 Å². The molecule has 16 heavy (non-hydrogen) atoms. The fraction of sp³-hybridized carbons (Fsp3) is 0.182. The molecule has 2 aromatic heterocycles. The van der Waals surface area contributed by atoms with E-state index in [1.807, 2.05) is 0 Å². The molecule has 2 rings (SSSR count). The lowest BCUT2D eigenvalue weighted by molar-refractivity contribution is 0.0875. The Labute approximate surface area is 91.7 Å². The van der Waals surface area contributed by atoms with E-state index in [4.69, 9.17) is 4.42 Å². The first-order chi connectivity index (χ1) is 7.66. The van der Waals surface area contributed by atoms with Gasteiger partial charge in [-0.25, -0.2) is 0 Å². The second-order valence-electron chi connectivity index (χ2n) is 3.38. The number of nitrogens with zero attached hydrogens (tertiary/aromatic N) is 2. The molecule has 0 saturated heterocycles. The van der Waals surface area contributed by atoms with Gasteiger partial charge < -0.3 is 4.42 Å². The first kappa shape index (κ1) is 10.4. The van der Waals surface area contributed by atoms with Crippen LogP contribution < -0.4 is 0 Å². The topological polar surface area (TPSA) is 65.1 Å². The van der Waals surface area contributed by atoms with Crippen molar-refractivity contribution in [2.24, 2.45) is 7.05 Å². The van der Waals surface area contributed by atoms with Crippen LogP contribution in [0.3, 0.4) is 0 Å². The minimum absolute atomic E-state index is 0.198. The van der Waals surface area contributed by atoms with E-state index < -0.39 is 0 Å². The number of ketones is 2. The van der Waals surface area contributed by atoms with E-state index in [9.17, 15) is 9.59 Å². The van der Waals surface area contributed by atoms with Crippen LogP contribution in [0.5, 0.6) is 0 Å². The maximum absolute atomic E-state index is 11.6. The summed E-state index contributed by atoms with van der Waals surface area (Å²) in [6.45, 7) is 0. The molecule has 82 valence electrons. The van der Waals surface area contributed by atoms with Crippen LogP contribution in [-0.4, -0.2) is 21.3 Å². The quantitative estimate of drug-likeness (QED) is 0.575. The molecule has 0 aromatic carbocycles. The number of hydrogen-bond donors (Lipinski definition) is 0. The lowest BCUT2D eigenvalue weighted by Gasteiger charge is -1.94. The molecule has 0 aliphatic carbocycles. The number of aryl methyl sites for hydroxylation is 1. The number of furan rings is 1. The fourth-order valence-electron chi connectivity index (χ4n) is 1.32. The molecule has 0 aliphatic rings. The van der Waals surface area contributed by atoms with Gasteiger partial charge >= 0.3 is 0 Å². The van der Waals surface area contributed by atoms with Crippen molar-refractivity contribution in [1.29, 1.82) is 0 Å². The van der Waals surface area contributed by atoms with Gasteiger partial charge in [-0.3, -0.25) is 14.3 Å². The van der Waals surface area contributed by atoms with E-state index in [2.05, 4.69) is 5.10 Å². The largest absolute Gasteiger partial charge is 0.461 e. The third-order valence-electron chi connectivity index (χ3n) is 2.12. The van der Waals surface area contributed by atoms with Crippen molar-refractivity contribution in [2.45, 2.75) is 6.42 Å². The Bertz CT molecular complexity index is 511. The summed E-state index contributed by atoms with van der Waals surface area (Å²) in [7, 11) is 1.71. The van der Waals surface area contributed by atoms with Crippen LogP contribution >= 0.6 is 0 Å². The normalized spacial score (nSPS) is 10.3. The SMILES string of the molecule is Cn1ccc(C(=O)CC(=O)c2ccco2)n1. The summed E-state index contributed by atoms with van der Waals surface area (Å²) < 4.78 is 6.43. The molecule has 5 heteroatoms. The summed E-state index contributed by atoms with van der Waals surface area (Å²) in [5, 5.41) is 3.93. The number of Topliss-reactive ketones (excluding diaryl/α,β-unsaturated/α-hetero) is 2. The lowest BCUT2D eigenvalue weighted by atomic mass is 10.1. The third kappa shape index (κ3) is 2.08. The first-order valence-electron chi connectivity index (χ1n) is 4.76. The molecule has 0 aliphatic heterocycles. The summed E-state index contributed by atoms with van der Waals surface area (Å²) in [4.78, 5) is 23.2. The van der Waals surface area contributed by atoms with Crippen molar-refractivity contribution >= 4 is 11.6 Å². The van der Waals surface area contributed by atoms with E-state index in [1.165, 1.54) is 17.0 Å². The average molecular weight is 218 g/mol.